The molecule has 0 spiro atoms. The summed E-state index contributed by atoms with van der Waals surface area (Å²) in [4.78, 5) is 0. The van der Waals surface area contributed by atoms with E-state index in [1.807, 2.05) is 6.07 Å². The molecule has 0 unspecified atom stereocenters. The summed E-state index contributed by atoms with van der Waals surface area (Å²) in [5.74, 6) is 1.01. The molecule has 1 aromatic carbocycles. The Balaban J connectivity index is 1.99. The van der Waals surface area contributed by atoms with Crippen molar-refractivity contribution in [3.63, 3.8) is 0 Å². The van der Waals surface area contributed by atoms with Gasteiger partial charge in [0.25, 0.3) is 0 Å². The van der Waals surface area contributed by atoms with Crippen LogP contribution in [-0.4, -0.2) is 23.4 Å². The van der Waals surface area contributed by atoms with E-state index in [1.165, 1.54) is 11.1 Å². The molecule has 1 heterocycles. The molecule has 1 atom stereocenters. The van der Waals surface area contributed by atoms with Crippen molar-refractivity contribution in [3.05, 3.63) is 29.3 Å². The second-order valence-corrected chi connectivity index (χ2v) is 5.46. The number of ether oxygens (including phenoxy) is 1. The van der Waals surface area contributed by atoms with Crippen molar-refractivity contribution in [2.24, 2.45) is 0 Å². The van der Waals surface area contributed by atoms with Gasteiger partial charge in [-0.25, -0.2) is 0 Å². The first-order chi connectivity index (χ1) is 7.96. The predicted octanol–water partition coefficient (Wildman–Crippen LogP) is 1.87. The van der Waals surface area contributed by atoms with Gasteiger partial charge in [-0.05, 0) is 38.0 Å². The highest BCUT2D eigenvalue weighted by molar-refractivity contribution is 5.41. The summed E-state index contributed by atoms with van der Waals surface area (Å²) in [7, 11) is 0. The lowest BCUT2D eigenvalue weighted by Crippen LogP contribution is -2.24. The first-order valence-electron chi connectivity index (χ1n) is 6.16. The molecule has 0 radical (unpaired) electrons. The third-order valence-electron chi connectivity index (χ3n) is 2.90. The summed E-state index contributed by atoms with van der Waals surface area (Å²) < 4.78 is 5.83. The van der Waals surface area contributed by atoms with Gasteiger partial charge in [-0.1, -0.05) is 12.1 Å². The number of nitrogens with one attached hydrogen (secondary N) is 1. The molecule has 0 fully saturated rings. The highest BCUT2D eigenvalue weighted by Gasteiger charge is 2.29. The molecule has 0 aromatic heterocycles. The normalized spacial score (nSPS) is 18.6. The van der Waals surface area contributed by atoms with E-state index in [4.69, 9.17) is 4.74 Å². The number of aliphatic hydroxyl groups is 1. The zero-order valence-corrected chi connectivity index (χ0v) is 10.8. The van der Waals surface area contributed by atoms with Crippen LogP contribution in [0.4, 0.5) is 0 Å². The van der Waals surface area contributed by atoms with E-state index in [1.54, 1.807) is 6.92 Å². The first kappa shape index (κ1) is 12.4. The highest BCUT2D eigenvalue weighted by atomic mass is 16.5. The summed E-state index contributed by atoms with van der Waals surface area (Å²) in [5, 5.41) is 12.4. The number of hydrogen-bond acceptors (Lipinski definition) is 3. The second kappa shape index (κ2) is 4.67. The van der Waals surface area contributed by atoms with E-state index in [2.05, 4.69) is 31.3 Å². The lowest BCUT2D eigenvalue weighted by atomic mass is 10.0. The quantitative estimate of drug-likeness (QED) is 0.837. The van der Waals surface area contributed by atoms with Gasteiger partial charge in [0.05, 0.1) is 6.10 Å². The Morgan fingerprint density at radius 3 is 2.94 bits per heavy atom. The Morgan fingerprint density at radius 2 is 2.24 bits per heavy atom. The number of aliphatic hydroxyl groups excluding tert-OH is 1. The van der Waals surface area contributed by atoms with Gasteiger partial charge in [-0.3, -0.25) is 0 Å². The Kier molecular flexibility index (Phi) is 3.40. The van der Waals surface area contributed by atoms with E-state index in [9.17, 15) is 5.11 Å². The van der Waals surface area contributed by atoms with Gasteiger partial charge in [0, 0.05) is 19.5 Å². The van der Waals surface area contributed by atoms with E-state index >= 15 is 0 Å². The van der Waals surface area contributed by atoms with Gasteiger partial charge in [0.1, 0.15) is 11.4 Å². The molecule has 3 heteroatoms. The maximum atomic E-state index is 9.17. The molecule has 17 heavy (non-hydrogen) atoms. The molecule has 2 N–H and O–H groups in total. The van der Waals surface area contributed by atoms with Crippen LogP contribution in [0.5, 0.6) is 5.75 Å². The van der Waals surface area contributed by atoms with Crippen molar-refractivity contribution in [1.29, 1.82) is 0 Å². The molecule has 1 aliphatic rings. The van der Waals surface area contributed by atoms with E-state index in [0.29, 0.717) is 6.54 Å². The average molecular weight is 235 g/mol. The smallest absolute Gasteiger partial charge is 0.123 e. The summed E-state index contributed by atoms with van der Waals surface area (Å²) in [6.45, 7) is 7.42. The maximum absolute atomic E-state index is 9.17. The number of fused-ring (bicyclic) bond motifs is 1. The van der Waals surface area contributed by atoms with Crippen LogP contribution in [-0.2, 0) is 13.0 Å². The van der Waals surface area contributed by atoms with Crippen LogP contribution in [0.2, 0.25) is 0 Å². The van der Waals surface area contributed by atoms with Gasteiger partial charge in [-0.15, -0.1) is 0 Å². The Bertz CT molecular complexity index is 399. The minimum Gasteiger partial charge on any atom is -0.487 e. The Labute approximate surface area is 103 Å². The first-order valence-corrected chi connectivity index (χ1v) is 6.16. The standard InChI is InChI=1S/C14H21NO2/c1-10(16)8-15-9-11-4-5-13-12(6-11)7-14(2,3)17-13/h4-6,10,15-16H,7-9H2,1-3H3/t10-/m0/s1. The molecule has 0 bridgehead atoms. The van der Waals surface area contributed by atoms with Crippen molar-refractivity contribution in [1.82, 2.24) is 5.32 Å². The summed E-state index contributed by atoms with van der Waals surface area (Å²) in [6, 6.07) is 6.32. The van der Waals surface area contributed by atoms with Gasteiger partial charge >= 0.3 is 0 Å². The SMILES string of the molecule is C[C@H](O)CNCc1ccc2c(c1)CC(C)(C)O2. The fraction of sp³-hybridized carbons (Fsp3) is 0.571. The fourth-order valence-corrected chi connectivity index (χ4v) is 2.20. The fourth-order valence-electron chi connectivity index (χ4n) is 2.20. The monoisotopic (exact) mass is 235 g/mol. The molecule has 2 rings (SSSR count). The number of hydrogen-bond donors (Lipinski definition) is 2. The van der Waals surface area contributed by atoms with Gasteiger partial charge < -0.3 is 15.2 Å². The summed E-state index contributed by atoms with van der Waals surface area (Å²) >= 11 is 0. The van der Waals surface area contributed by atoms with Gasteiger partial charge in [-0.2, -0.15) is 0 Å². The lowest BCUT2D eigenvalue weighted by molar-refractivity contribution is 0.138. The van der Waals surface area contributed by atoms with Crippen molar-refractivity contribution in [2.45, 2.75) is 45.4 Å². The van der Waals surface area contributed by atoms with Gasteiger partial charge in [0.15, 0.2) is 0 Å². The highest BCUT2D eigenvalue weighted by Crippen LogP contribution is 2.35. The topological polar surface area (TPSA) is 41.5 Å². The zero-order chi connectivity index (χ0) is 12.5. The third kappa shape index (κ3) is 3.20. The van der Waals surface area contributed by atoms with Crippen LogP contribution in [0.15, 0.2) is 18.2 Å². The lowest BCUT2D eigenvalue weighted by Gasteiger charge is -2.16. The molecule has 0 aliphatic carbocycles. The molecule has 3 nitrogen and oxygen atoms in total. The van der Waals surface area contributed by atoms with E-state index in [0.717, 1.165) is 18.7 Å². The van der Waals surface area contributed by atoms with Crippen LogP contribution in [0.3, 0.4) is 0 Å². The number of rotatable bonds is 4. The molecule has 1 aliphatic heterocycles. The van der Waals surface area contributed by atoms with Crippen molar-refractivity contribution in [2.75, 3.05) is 6.54 Å². The zero-order valence-electron chi connectivity index (χ0n) is 10.8. The summed E-state index contributed by atoms with van der Waals surface area (Å²) in [5.41, 5.74) is 2.45. The Hall–Kier alpha value is -1.06. The van der Waals surface area contributed by atoms with Crippen LogP contribution in [0.25, 0.3) is 0 Å². The molecule has 1 aromatic rings. The van der Waals surface area contributed by atoms with Crippen LogP contribution < -0.4 is 10.1 Å². The third-order valence-corrected chi connectivity index (χ3v) is 2.90. The Morgan fingerprint density at radius 1 is 1.47 bits per heavy atom. The van der Waals surface area contributed by atoms with Crippen LogP contribution in [0, 0.1) is 0 Å². The van der Waals surface area contributed by atoms with Crippen molar-refractivity contribution in [3.8, 4) is 5.75 Å². The van der Waals surface area contributed by atoms with Crippen molar-refractivity contribution >= 4 is 0 Å². The largest absolute Gasteiger partial charge is 0.487 e. The molecular weight excluding hydrogens is 214 g/mol. The maximum Gasteiger partial charge on any atom is 0.123 e. The molecule has 0 saturated heterocycles. The van der Waals surface area contributed by atoms with E-state index < -0.39 is 0 Å². The average Bonchev–Trinajstić information content (AvgIpc) is 2.50. The molecule has 94 valence electrons. The predicted molar refractivity (Wildman–Crippen MR) is 68.2 cm³/mol. The molecule has 0 saturated carbocycles. The van der Waals surface area contributed by atoms with Gasteiger partial charge in [0.2, 0.25) is 0 Å². The molecule has 0 amide bonds. The van der Waals surface area contributed by atoms with Crippen LogP contribution in [0.1, 0.15) is 31.9 Å². The van der Waals surface area contributed by atoms with Crippen LogP contribution >= 0.6 is 0 Å². The summed E-state index contributed by atoms with van der Waals surface area (Å²) in [6.07, 6.45) is 0.665. The minimum absolute atomic E-state index is 0.0754. The van der Waals surface area contributed by atoms with Crippen molar-refractivity contribution < 1.29 is 9.84 Å². The van der Waals surface area contributed by atoms with E-state index in [-0.39, 0.29) is 11.7 Å². The second-order valence-electron chi connectivity index (χ2n) is 5.46. The molecular formula is C14H21NO2. The minimum atomic E-state index is -0.299. The number of benzene rings is 1.